The smallest absolute Gasteiger partial charge is 0.210 e. The number of hydrazine groups is 1. The number of halogens is 4. The molecular formula is C32H41Cl3FN5S. The van der Waals surface area contributed by atoms with E-state index in [0.717, 1.165) is 61.0 Å². The largest absolute Gasteiger partial charge is 0.342 e. The lowest BCUT2D eigenvalue weighted by atomic mass is 9.76. The SMILES string of the molecule is CCC1N=C(N2CCC(CSC3C(C)C(C)C=C(C(C)(C)c4ccc(Cl)c(Cl)c4)N3c3ccc(F)c(Cl)c3)CC2)NN1. The van der Waals surface area contributed by atoms with Crippen molar-refractivity contribution >= 4 is 58.2 Å². The summed E-state index contributed by atoms with van der Waals surface area (Å²) >= 11 is 21.1. The number of allylic oxidation sites excluding steroid dienone is 2. The summed E-state index contributed by atoms with van der Waals surface area (Å²) < 4.78 is 14.3. The van der Waals surface area contributed by atoms with Crippen LogP contribution in [0.4, 0.5) is 10.1 Å². The Hall–Kier alpha value is -1.64. The van der Waals surface area contributed by atoms with Gasteiger partial charge >= 0.3 is 0 Å². The number of likely N-dealkylation sites (tertiary alicyclic amines) is 1. The summed E-state index contributed by atoms with van der Waals surface area (Å²) in [6.07, 6.45) is 5.74. The lowest BCUT2D eigenvalue weighted by Gasteiger charge is -2.49. The van der Waals surface area contributed by atoms with Crippen molar-refractivity contribution in [3.8, 4) is 0 Å². The van der Waals surface area contributed by atoms with Crippen LogP contribution in [0.1, 0.15) is 59.4 Å². The molecular weight excluding hydrogens is 612 g/mol. The van der Waals surface area contributed by atoms with Crippen LogP contribution >= 0.6 is 46.6 Å². The maximum absolute atomic E-state index is 14.3. The van der Waals surface area contributed by atoms with Crippen LogP contribution < -0.4 is 15.8 Å². The molecule has 0 amide bonds. The Morgan fingerprint density at radius 3 is 2.40 bits per heavy atom. The van der Waals surface area contributed by atoms with Gasteiger partial charge in [-0.1, -0.05) is 81.6 Å². The summed E-state index contributed by atoms with van der Waals surface area (Å²) in [7, 11) is 0. The van der Waals surface area contributed by atoms with Crippen molar-refractivity contribution in [2.24, 2.45) is 22.7 Å². The lowest BCUT2D eigenvalue weighted by Crippen LogP contribution is -2.49. The van der Waals surface area contributed by atoms with Gasteiger partial charge in [0.2, 0.25) is 5.96 Å². The number of guanidine groups is 1. The molecule has 3 aliphatic heterocycles. The Bertz CT molecular complexity index is 1340. The van der Waals surface area contributed by atoms with E-state index in [-0.39, 0.29) is 16.6 Å². The van der Waals surface area contributed by atoms with Crippen molar-refractivity contribution < 1.29 is 4.39 Å². The summed E-state index contributed by atoms with van der Waals surface area (Å²) in [6.45, 7) is 13.2. The summed E-state index contributed by atoms with van der Waals surface area (Å²) in [5.74, 6) is 2.94. The van der Waals surface area contributed by atoms with E-state index in [2.05, 4.69) is 61.3 Å². The third kappa shape index (κ3) is 6.56. The Balaban J connectivity index is 1.40. The first-order chi connectivity index (χ1) is 20.0. The Labute approximate surface area is 269 Å². The molecule has 0 aromatic heterocycles. The van der Waals surface area contributed by atoms with E-state index >= 15 is 0 Å². The molecule has 5 rings (SSSR count). The first-order valence-electron chi connectivity index (χ1n) is 14.9. The molecule has 0 saturated carbocycles. The highest BCUT2D eigenvalue weighted by atomic mass is 35.5. The number of aliphatic imine (C=N–C) groups is 1. The summed E-state index contributed by atoms with van der Waals surface area (Å²) in [5.41, 5.74) is 9.24. The highest BCUT2D eigenvalue weighted by Crippen LogP contribution is 2.48. The highest BCUT2D eigenvalue weighted by Gasteiger charge is 2.42. The molecule has 3 heterocycles. The number of piperidine rings is 1. The first-order valence-corrected chi connectivity index (χ1v) is 17.1. The minimum absolute atomic E-state index is 0.129. The van der Waals surface area contributed by atoms with Gasteiger partial charge in [-0.2, -0.15) is 0 Å². The molecule has 0 radical (unpaired) electrons. The van der Waals surface area contributed by atoms with E-state index in [9.17, 15) is 4.39 Å². The van der Waals surface area contributed by atoms with Gasteiger partial charge in [0.15, 0.2) is 0 Å². The number of thioether (sulfide) groups is 1. The average molecular weight is 653 g/mol. The van der Waals surface area contributed by atoms with Crippen LogP contribution in [0.3, 0.4) is 0 Å². The zero-order chi connectivity index (χ0) is 30.2. The first kappa shape index (κ1) is 31.8. The van der Waals surface area contributed by atoms with Gasteiger partial charge in [0.25, 0.3) is 0 Å². The van der Waals surface area contributed by atoms with Gasteiger partial charge < -0.3 is 9.80 Å². The third-order valence-corrected chi connectivity index (χ3v) is 11.8. The molecule has 2 aromatic carbocycles. The number of rotatable bonds is 7. The maximum atomic E-state index is 14.3. The topological polar surface area (TPSA) is 42.9 Å². The zero-order valence-corrected chi connectivity index (χ0v) is 28.0. The van der Waals surface area contributed by atoms with E-state index in [4.69, 9.17) is 39.8 Å². The van der Waals surface area contributed by atoms with Gasteiger partial charge in [-0.15, -0.1) is 11.8 Å². The van der Waals surface area contributed by atoms with Crippen molar-refractivity contribution in [2.75, 3.05) is 23.7 Å². The Morgan fingerprint density at radius 2 is 1.76 bits per heavy atom. The molecule has 42 heavy (non-hydrogen) atoms. The fraction of sp³-hybridized carbons (Fsp3) is 0.531. The Morgan fingerprint density at radius 1 is 1.02 bits per heavy atom. The molecule has 4 unspecified atom stereocenters. The minimum atomic E-state index is -0.411. The molecule has 0 bridgehead atoms. The molecule has 228 valence electrons. The molecule has 10 heteroatoms. The molecule has 2 aromatic rings. The van der Waals surface area contributed by atoms with Crippen LogP contribution in [0.5, 0.6) is 0 Å². The number of hydrogen-bond acceptors (Lipinski definition) is 6. The predicted octanol–water partition coefficient (Wildman–Crippen LogP) is 8.71. The number of nitrogens with one attached hydrogen (secondary N) is 2. The lowest BCUT2D eigenvalue weighted by molar-refractivity contribution is 0.277. The third-order valence-electron chi connectivity index (χ3n) is 9.11. The van der Waals surface area contributed by atoms with E-state index < -0.39 is 11.2 Å². The van der Waals surface area contributed by atoms with Gasteiger partial charge in [-0.25, -0.2) is 14.8 Å². The van der Waals surface area contributed by atoms with E-state index in [0.29, 0.717) is 27.8 Å². The van der Waals surface area contributed by atoms with E-state index in [1.807, 2.05) is 36.0 Å². The van der Waals surface area contributed by atoms with Gasteiger partial charge in [0.05, 0.1) is 20.4 Å². The highest BCUT2D eigenvalue weighted by molar-refractivity contribution is 8.00. The van der Waals surface area contributed by atoms with Gasteiger partial charge in [-0.3, -0.25) is 5.43 Å². The zero-order valence-electron chi connectivity index (χ0n) is 24.9. The van der Waals surface area contributed by atoms with Crippen LogP contribution in [0.2, 0.25) is 15.1 Å². The molecule has 2 N–H and O–H groups in total. The van der Waals surface area contributed by atoms with Crippen molar-refractivity contribution in [1.82, 2.24) is 15.8 Å². The predicted molar refractivity (Wildman–Crippen MR) is 178 cm³/mol. The van der Waals surface area contributed by atoms with Crippen LogP contribution in [0.25, 0.3) is 0 Å². The second-order valence-electron chi connectivity index (χ2n) is 12.3. The molecule has 5 nitrogen and oxygen atoms in total. The van der Waals surface area contributed by atoms with Crippen molar-refractivity contribution in [3.63, 3.8) is 0 Å². The van der Waals surface area contributed by atoms with E-state index in [1.54, 1.807) is 6.07 Å². The minimum Gasteiger partial charge on any atom is -0.342 e. The molecule has 0 aliphatic carbocycles. The number of hydrogen-bond donors (Lipinski definition) is 2. The van der Waals surface area contributed by atoms with Gasteiger partial charge in [0.1, 0.15) is 12.0 Å². The fourth-order valence-corrected chi connectivity index (χ4v) is 8.27. The summed E-state index contributed by atoms with van der Waals surface area (Å²) in [6, 6.07) is 10.9. The van der Waals surface area contributed by atoms with Crippen LogP contribution in [0.15, 0.2) is 53.2 Å². The number of nitrogens with zero attached hydrogens (tertiary/aromatic N) is 3. The second kappa shape index (κ2) is 13.2. The summed E-state index contributed by atoms with van der Waals surface area (Å²) in [5, 5.41) is 1.35. The molecule has 4 atom stereocenters. The molecule has 1 fully saturated rings. The van der Waals surface area contributed by atoms with Crippen LogP contribution in [0, 0.1) is 23.6 Å². The summed E-state index contributed by atoms with van der Waals surface area (Å²) in [4.78, 5) is 9.52. The quantitative estimate of drug-likeness (QED) is 0.313. The normalized spacial score (nSPS) is 25.4. The monoisotopic (exact) mass is 651 g/mol. The van der Waals surface area contributed by atoms with Crippen molar-refractivity contribution in [3.05, 3.63) is 74.6 Å². The fourth-order valence-electron chi connectivity index (χ4n) is 6.06. The number of anilines is 1. The van der Waals surface area contributed by atoms with Crippen molar-refractivity contribution in [1.29, 1.82) is 0 Å². The average Bonchev–Trinajstić information content (AvgIpc) is 3.46. The standard InChI is InChI=1S/C32H41Cl3FN5S/c1-6-29-37-31(39-38-29)40-13-11-21(12-14-40)18-42-30-20(3)19(2)15-28(41(30)23-8-10-27(36)26(35)17-23)32(4,5)22-7-9-24(33)25(34)16-22/h7-10,15-17,19-21,29-30,38H,6,11-14,18H2,1-5H3,(H,37,39). The molecule has 0 spiro atoms. The van der Waals surface area contributed by atoms with Crippen molar-refractivity contribution in [2.45, 2.75) is 70.8 Å². The number of benzene rings is 2. The van der Waals surface area contributed by atoms with Gasteiger partial charge in [-0.05, 0) is 78.7 Å². The van der Waals surface area contributed by atoms with Gasteiger partial charge in [0, 0.05) is 29.9 Å². The van der Waals surface area contributed by atoms with Crippen LogP contribution in [-0.4, -0.2) is 41.2 Å². The molecule has 1 saturated heterocycles. The Kier molecular flexibility index (Phi) is 9.95. The molecule has 3 aliphatic rings. The van der Waals surface area contributed by atoms with Crippen LogP contribution in [-0.2, 0) is 5.41 Å². The maximum Gasteiger partial charge on any atom is 0.210 e. The second-order valence-corrected chi connectivity index (χ2v) is 14.7. The van der Waals surface area contributed by atoms with E-state index in [1.165, 1.54) is 6.07 Å².